The fourth-order valence-corrected chi connectivity index (χ4v) is 1.35. The second-order valence-electron chi connectivity index (χ2n) is 3.46. The van der Waals surface area contributed by atoms with E-state index in [9.17, 15) is 0 Å². The van der Waals surface area contributed by atoms with Crippen molar-refractivity contribution >= 4 is 0 Å². The van der Waals surface area contributed by atoms with Crippen LogP contribution in [-0.2, 0) is 0 Å². The van der Waals surface area contributed by atoms with Gasteiger partial charge in [0.05, 0.1) is 13.7 Å². The Morgan fingerprint density at radius 2 is 1.93 bits per heavy atom. The molecule has 0 aromatic heterocycles. The second-order valence-corrected chi connectivity index (χ2v) is 3.46. The van der Waals surface area contributed by atoms with Crippen molar-refractivity contribution in [3.63, 3.8) is 0 Å². The van der Waals surface area contributed by atoms with Gasteiger partial charge in [-0.25, -0.2) is 0 Å². The SMILES string of the molecule is CCOc1cc(OC)cc(C(C)CO)c1. The third kappa shape index (κ3) is 3.13. The van der Waals surface area contributed by atoms with E-state index >= 15 is 0 Å². The van der Waals surface area contributed by atoms with Gasteiger partial charge in [-0.1, -0.05) is 6.92 Å². The van der Waals surface area contributed by atoms with Crippen LogP contribution in [0.4, 0.5) is 0 Å². The summed E-state index contributed by atoms with van der Waals surface area (Å²) in [6.45, 7) is 4.65. The summed E-state index contributed by atoms with van der Waals surface area (Å²) in [5.41, 5.74) is 1.03. The predicted molar refractivity (Wildman–Crippen MR) is 59.7 cm³/mol. The largest absolute Gasteiger partial charge is 0.497 e. The van der Waals surface area contributed by atoms with Gasteiger partial charge in [0.1, 0.15) is 11.5 Å². The number of aliphatic hydroxyl groups excluding tert-OH is 1. The van der Waals surface area contributed by atoms with Crippen LogP contribution >= 0.6 is 0 Å². The first-order chi connectivity index (χ1) is 7.21. The normalized spacial score (nSPS) is 12.3. The van der Waals surface area contributed by atoms with Crippen molar-refractivity contribution < 1.29 is 14.6 Å². The number of ether oxygens (including phenoxy) is 2. The van der Waals surface area contributed by atoms with Gasteiger partial charge in [-0.15, -0.1) is 0 Å². The molecule has 0 amide bonds. The van der Waals surface area contributed by atoms with Crippen molar-refractivity contribution in [2.45, 2.75) is 19.8 Å². The zero-order chi connectivity index (χ0) is 11.3. The molecule has 3 heteroatoms. The summed E-state index contributed by atoms with van der Waals surface area (Å²) < 4.78 is 10.6. The van der Waals surface area contributed by atoms with E-state index in [1.165, 1.54) is 0 Å². The quantitative estimate of drug-likeness (QED) is 0.809. The van der Waals surface area contributed by atoms with Crippen molar-refractivity contribution in [3.8, 4) is 11.5 Å². The van der Waals surface area contributed by atoms with Crippen molar-refractivity contribution in [1.82, 2.24) is 0 Å². The van der Waals surface area contributed by atoms with Crippen LogP contribution in [0.1, 0.15) is 25.3 Å². The third-order valence-electron chi connectivity index (χ3n) is 2.29. The third-order valence-corrected chi connectivity index (χ3v) is 2.29. The van der Waals surface area contributed by atoms with Crippen molar-refractivity contribution in [2.75, 3.05) is 20.3 Å². The maximum atomic E-state index is 9.09. The molecule has 84 valence electrons. The first kappa shape index (κ1) is 11.9. The molecular weight excluding hydrogens is 192 g/mol. The average molecular weight is 210 g/mol. The molecule has 0 spiro atoms. The Morgan fingerprint density at radius 3 is 2.47 bits per heavy atom. The van der Waals surface area contributed by atoms with E-state index in [0.29, 0.717) is 6.61 Å². The molecule has 1 rings (SSSR count). The molecule has 0 saturated carbocycles. The van der Waals surface area contributed by atoms with Crippen molar-refractivity contribution in [2.24, 2.45) is 0 Å². The van der Waals surface area contributed by atoms with Gasteiger partial charge in [0.15, 0.2) is 0 Å². The van der Waals surface area contributed by atoms with Gasteiger partial charge in [-0.2, -0.15) is 0 Å². The first-order valence-electron chi connectivity index (χ1n) is 5.13. The summed E-state index contributed by atoms with van der Waals surface area (Å²) in [6, 6.07) is 5.70. The molecule has 0 fully saturated rings. The Balaban J connectivity index is 2.99. The lowest BCUT2D eigenvalue weighted by atomic mass is 10.0. The lowest BCUT2D eigenvalue weighted by Gasteiger charge is -2.13. The van der Waals surface area contributed by atoms with Crippen LogP contribution < -0.4 is 9.47 Å². The van der Waals surface area contributed by atoms with Crippen molar-refractivity contribution in [1.29, 1.82) is 0 Å². The van der Waals surface area contributed by atoms with E-state index in [1.807, 2.05) is 32.0 Å². The highest BCUT2D eigenvalue weighted by Gasteiger charge is 2.08. The number of aliphatic hydroxyl groups is 1. The maximum Gasteiger partial charge on any atom is 0.123 e. The van der Waals surface area contributed by atoms with E-state index in [2.05, 4.69) is 0 Å². The van der Waals surface area contributed by atoms with Crippen LogP contribution in [0.15, 0.2) is 18.2 Å². The molecule has 0 aliphatic rings. The van der Waals surface area contributed by atoms with Gasteiger partial charge in [0.25, 0.3) is 0 Å². The van der Waals surface area contributed by atoms with Gasteiger partial charge in [0, 0.05) is 18.6 Å². The minimum Gasteiger partial charge on any atom is -0.497 e. The molecule has 15 heavy (non-hydrogen) atoms. The maximum absolute atomic E-state index is 9.09. The van der Waals surface area contributed by atoms with Crippen molar-refractivity contribution in [3.05, 3.63) is 23.8 Å². The predicted octanol–water partition coefficient (Wildman–Crippen LogP) is 2.19. The minimum atomic E-state index is 0.0966. The van der Waals surface area contributed by atoms with Crippen LogP contribution in [0.3, 0.4) is 0 Å². The van der Waals surface area contributed by atoms with E-state index in [-0.39, 0.29) is 12.5 Å². The molecular formula is C12H18O3. The van der Waals surface area contributed by atoms with E-state index in [1.54, 1.807) is 7.11 Å². The van der Waals surface area contributed by atoms with Crippen LogP contribution in [0.2, 0.25) is 0 Å². The average Bonchev–Trinajstić information content (AvgIpc) is 2.28. The highest BCUT2D eigenvalue weighted by Crippen LogP contribution is 2.27. The summed E-state index contributed by atoms with van der Waals surface area (Å²) in [4.78, 5) is 0. The Labute approximate surface area is 90.6 Å². The Bertz CT molecular complexity index is 310. The van der Waals surface area contributed by atoms with Gasteiger partial charge >= 0.3 is 0 Å². The van der Waals surface area contributed by atoms with Crippen LogP contribution in [0.5, 0.6) is 11.5 Å². The number of methoxy groups -OCH3 is 1. The standard InChI is InChI=1S/C12H18O3/c1-4-15-12-6-10(9(2)8-13)5-11(7-12)14-3/h5-7,9,13H,4,8H2,1-3H3. The summed E-state index contributed by atoms with van der Waals surface area (Å²) in [5, 5.41) is 9.09. The molecule has 1 unspecified atom stereocenters. The lowest BCUT2D eigenvalue weighted by Crippen LogP contribution is -2.01. The Hall–Kier alpha value is -1.22. The number of hydrogen-bond acceptors (Lipinski definition) is 3. The fraction of sp³-hybridized carbons (Fsp3) is 0.500. The first-order valence-corrected chi connectivity index (χ1v) is 5.13. The number of rotatable bonds is 5. The number of benzene rings is 1. The van der Waals surface area contributed by atoms with E-state index < -0.39 is 0 Å². The molecule has 1 atom stereocenters. The van der Waals surface area contributed by atoms with Crippen LogP contribution in [0, 0.1) is 0 Å². The molecule has 0 aliphatic heterocycles. The highest BCUT2D eigenvalue weighted by atomic mass is 16.5. The van der Waals surface area contributed by atoms with E-state index in [0.717, 1.165) is 17.1 Å². The molecule has 0 heterocycles. The highest BCUT2D eigenvalue weighted by molar-refractivity contribution is 5.39. The van der Waals surface area contributed by atoms with Crippen LogP contribution in [0.25, 0.3) is 0 Å². The summed E-state index contributed by atoms with van der Waals surface area (Å²) in [6.07, 6.45) is 0. The van der Waals surface area contributed by atoms with E-state index in [4.69, 9.17) is 14.6 Å². The number of hydrogen-bond donors (Lipinski definition) is 1. The van der Waals surface area contributed by atoms with Crippen LogP contribution in [-0.4, -0.2) is 25.4 Å². The molecule has 0 radical (unpaired) electrons. The Morgan fingerprint density at radius 1 is 1.27 bits per heavy atom. The summed E-state index contributed by atoms with van der Waals surface area (Å²) >= 11 is 0. The minimum absolute atomic E-state index is 0.0966. The monoisotopic (exact) mass is 210 g/mol. The zero-order valence-corrected chi connectivity index (χ0v) is 9.49. The zero-order valence-electron chi connectivity index (χ0n) is 9.49. The molecule has 1 aromatic carbocycles. The molecule has 0 bridgehead atoms. The Kier molecular flexibility index (Phi) is 4.43. The molecule has 0 aliphatic carbocycles. The molecule has 1 aromatic rings. The lowest BCUT2D eigenvalue weighted by molar-refractivity contribution is 0.272. The molecule has 0 saturated heterocycles. The van der Waals surface area contributed by atoms with Gasteiger partial charge in [0.2, 0.25) is 0 Å². The van der Waals surface area contributed by atoms with Gasteiger partial charge in [-0.3, -0.25) is 0 Å². The summed E-state index contributed by atoms with van der Waals surface area (Å²) in [7, 11) is 1.62. The fourth-order valence-electron chi connectivity index (χ4n) is 1.35. The smallest absolute Gasteiger partial charge is 0.123 e. The van der Waals surface area contributed by atoms with Gasteiger partial charge in [-0.05, 0) is 24.6 Å². The summed E-state index contributed by atoms with van der Waals surface area (Å²) in [5.74, 6) is 1.64. The molecule has 1 N–H and O–H groups in total. The topological polar surface area (TPSA) is 38.7 Å². The molecule has 3 nitrogen and oxygen atoms in total. The van der Waals surface area contributed by atoms with Gasteiger partial charge < -0.3 is 14.6 Å². The second kappa shape index (κ2) is 5.61.